The molecule has 4 nitrogen and oxygen atoms in total. The molecule has 0 radical (unpaired) electrons. The summed E-state index contributed by atoms with van der Waals surface area (Å²) in [5, 5.41) is 9.58. The molecule has 4 unspecified atom stereocenters. The number of likely N-dealkylation sites (N-methyl/N-ethyl adjacent to an activating group) is 1. The summed E-state index contributed by atoms with van der Waals surface area (Å²) in [6.45, 7) is 2.18. The number of aliphatic carboxylic acids is 1. The van der Waals surface area contributed by atoms with Gasteiger partial charge in [-0.25, -0.2) is 0 Å². The molecule has 1 saturated carbocycles. The first kappa shape index (κ1) is 14.3. The maximum Gasteiger partial charge on any atom is 0.308 e. The average molecular weight is 280 g/mol. The van der Waals surface area contributed by atoms with Crippen LogP contribution in [0, 0.1) is 5.92 Å². The van der Waals surface area contributed by atoms with Gasteiger partial charge in [-0.05, 0) is 39.2 Å². The van der Waals surface area contributed by atoms with Crippen molar-refractivity contribution in [2.45, 2.75) is 69.5 Å². The molecule has 4 heteroatoms. The monoisotopic (exact) mass is 280 g/mol. The second-order valence-corrected chi connectivity index (χ2v) is 6.98. The number of carbonyl (C=O) groups is 1. The van der Waals surface area contributed by atoms with Crippen LogP contribution in [0.5, 0.6) is 0 Å². The Balaban J connectivity index is 1.74. The Kier molecular flexibility index (Phi) is 4.32. The highest BCUT2D eigenvalue weighted by Gasteiger charge is 2.40. The molecule has 1 N–H and O–H groups in total. The number of nitrogens with zero attached hydrogens (tertiary/aromatic N) is 2. The number of rotatable bonds is 2. The van der Waals surface area contributed by atoms with E-state index in [4.69, 9.17) is 0 Å². The third-order valence-electron chi connectivity index (χ3n) is 5.95. The van der Waals surface area contributed by atoms with E-state index in [1.165, 1.54) is 32.1 Å². The molecule has 0 amide bonds. The number of carboxylic acids is 1. The van der Waals surface area contributed by atoms with E-state index in [-0.39, 0.29) is 12.0 Å². The molecular formula is C16H28N2O2. The number of fused-ring (bicyclic) bond motifs is 2. The first-order valence-corrected chi connectivity index (χ1v) is 8.35. The summed E-state index contributed by atoms with van der Waals surface area (Å²) < 4.78 is 0. The van der Waals surface area contributed by atoms with Gasteiger partial charge in [0.1, 0.15) is 0 Å². The molecule has 4 atom stereocenters. The molecule has 114 valence electrons. The molecule has 2 heterocycles. The van der Waals surface area contributed by atoms with E-state index in [2.05, 4.69) is 16.8 Å². The molecule has 2 bridgehead atoms. The normalized spacial score (nSPS) is 40.2. The molecule has 0 aromatic carbocycles. The predicted octanol–water partition coefficient (Wildman–Crippen LogP) is 2.19. The Morgan fingerprint density at radius 3 is 2.55 bits per heavy atom. The van der Waals surface area contributed by atoms with E-state index >= 15 is 0 Å². The molecule has 3 rings (SSSR count). The fourth-order valence-electron chi connectivity index (χ4n) is 4.65. The van der Waals surface area contributed by atoms with Gasteiger partial charge in [0.2, 0.25) is 0 Å². The number of hydrogen-bond donors (Lipinski definition) is 1. The van der Waals surface area contributed by atoms with Gasteiger partial charge in [0, 0.05) is 31.2 Å². The van der Waals surface area contributed by atoms with Crippen molar-refractivity contribution in [1.29, 1.82) is 0 Å². The van der Waals surface area contributed by atoms with Crippen molar-refractivity contribution in [3.8, 4) is 0 Å². The summed E-state index contributed by atoms with van der Waals surface area (Å²) >= 11 is 0. The highest BCUT2D eigenvalue weighted by Crippen LogP contribution is 2.33. The van der Waals surface area contributed by atoms with E-state index < -0.39 is 5.97 Å². The maximum absolute atomic E-state index is 11.6. The summed E-state index contributed by atoms with van der Waals surface area (Å²) in [4.78, 5) is 16.7. The zero-order chi connectivity index (χ0) is 14.1. The molecular weight excluding hydrogens is 252 g/mol. The first-order chi connectivity index (χ1) is 9.66. The Morgan fingerprint density at radius 1 is 1.00 bits per heavy atom. The van der Waals surface area contributed by atoms with Gasteiger partial charge in [-0.2, -0.15) is 0 Å². The van der Waals surface area contributed by atoms with E-state index in [0.29, 0.717) is 6.04 Å². The lowest BCUT2D eigenvalue weighted by atomic mass is 9.92. The van der Waals surface area contributed by atoms with Crippen LogP contribution in [0.4, 0.5) is 0 Å². The summed E-state index contributed by atoms with van der Waals surface area (Å²) in [6, 6.07) is 1.67. The minimum Gasteiger partial charge on any atom is -0.481 e. The summed E-state index contributed by atoms with van der Waals surface area (Å²) in [6.07, 6.45) is 9.31. The van der Waals surface area contributed by atoms with Crippen LogP contribution in [0.15, 0.2) is 0 Å². The molecule has 0 aromatic heterocycles. The predicted molar refractivity (Wildman–Crippen MR) is 78.8 cm³/mol. The van der Waals surface area contributed by atoms with Crippen LogP contribution in [0.1, 0.15) is 51.4 Å². The van der Waals surface area contributed by atoms with Crippen LogP contribution in [0.2, 0.25) is 0 Å². The van der Waals surface area contributed by atoms with Gasteiger partial charge >= 0.3 is 5.97 Å². The third-order valence-corrected chi connectivity index (χ3v) is 5.95. The highest BCUT2D eigenvalue weighted by molar-refractivity contribution is 5.70. The van der Waals surface area contributed by atoms with Gasteiger partial charge < -0.3 is 5.11 Å². The highest BCUT2D eigenvalue weighted by atomic mass is 16.4. The first-order valence-electron chi connectivity index (χ1n) is 8.35. The van der Waals surface area contributed by atoms with Crippen molar-refractivity contribution in [3.63, 3.8) is 0 Å². The SMILES string of the molecule is CN1C2CCC1CN(C1CCCCCC1C(=O)O)CC2. The number of hydrogen-bond acceptors (Lipinski definition) is 3. The Hall–Kier alpha value is -0.610. The van der Waals surface area contributed by atoms with Gasteiger partial charge in [-0.3, -0.25) is 14.6 Å². The van der Waals surface area contributed by atoms with Gasteiger partial charge in [0.15, 0.2) is 0 Å². The van der Waals surface area contributed by atoms with Gasteiger partial charge in [-0.1, -0.05) is 19.3 Å². The zero-order valence-electron chi connectivity index (χ0n) is 12.6. The fourth-order valence-corrected chi connectivity index (χ4v) is 4.65. The fraction of sp³-hybridized carbons (Fsp3) is 0.938. The smallest absolute Gasteiger partial charge is 0.308 e. The lowest BCUT2D eigenvalue weighted by Gasteiger charge is -2.35. The van der Waals surface area contributed by atoms with E-state index in [0.717, 1.165) is 38.4 Å². The Morgan fingerprint density at radius 2 is 1.75 bits per heavy atom. The molecule has 3 aliphatic rings. The topological polar surface area (TPSA) is 43.8 Å². The van der Waals surface area contributed by atoms with Crippen molar-refractivity contribution in [1.82, 2.24) is 9.80 Å². The molecule has 1 aliphatic carbocycles. The molecule has 0 spiro atoms. The second-order valence-electron chi connectivity index (χ2n) is 6.98. The number of likely N-dealkylation sites (tertiary alicyclic amines) is 1. The van der Waals surface area contributed by atoms with Crippen LogP contribution >= 0.6 is 0 Å². The summed E-state index contributed by atoms with van der Waals surface area (Å²) in [5.74, 6) is -0.709. The van der Waals surface area contributed by atoms with E-state index in [1.54, 1.807) is 0 Å². The molecule has 0 aromatic rings. The molecule has 3 fully saturated rings. The van der Waals surface area contributed by atoms with Gasteiger partial charge in [-0.15, -0.1) is 0 Å². The van der Waals surface area contributed by atoms with E-state index in [9.17, 15) is 9.90 Å². The van der Waals surface area contributed by atoms with Gasteiger partial charge in [0.05, 0.1) is 5.92 Å². The summed E-state index contributed by atoms with van der Waals surface area (Å²) in [5.41, 5.74) is 0. The van der Waals surface area contributed by atoms with Crippen LogP contribution in [0.25, 0.3) is 0 Å². The lowest BCUT2D eigenvalue weighted by molar-refractivity contribution is -0.144. The van der Waals surface area contributed by atoms with Crippen LogP contribution in [0.3, 0.4) is 0 Å². The van der Waals surface area contributed by atoms with Crippen molar-refractivity contribution in [2.24, 2.45) is 5.92 Å². The molecule has 20 heavy (non-hydrogen) atoms. The summed E-state index contributed by atoms with van der Waals surface area (Å²) in [7, 11) is 2.26. The largest absolute Gasteiger partial charge is 0.481 e. The van der Waals surface area contributed by atoms with Crippen LogP contribution in [-0.2, 0) is 4.79 Å². The van der Waals surface area contributed by atoms with E-state index in [1.807, 2.05) is 0 Å². The third kappa shape index (κ3) is 2.73. The van der Waals surface area contributed by atoms with Crippen molar-refractivity contribution < 1.29 is 9.90 Å². The van der Waals surface area contributed by atoms with Crippen molar-refractivity contribution >= 4 is 5.97 Å². The Labute approximate surface area is 122 Å². The zero-order valence-corrected chi connectivity index (χ0v) is 12.6. The molecule has 2 saturated heterocycles. The quantitative estimate of drug-likeness (QED) is 0.788. The van der Waals surface area contributed by atoms with Gasteiger partial charge in [0.25, 0.3) is 0 Å². The van der Waals surface area contributed by atoms with Crippen molar-refractivity contribution in [2.75, 3.05) is 20.1 Å². The molecule has 2 aliphatic heterocycles. The van der Waals surface area contributed by atoms with Crippen LogP contribution < -0.4 is 0 Å². The average Bonchev–Trinajstić information content (AvgIpc) is 2.58. The minimum atomic E-state index is -0.570. The number of carboxylic acid groups (broad SMARTS) is 1. The maximum atomic E-state index is 11.6. The van der Waals surface area contributed by atoms with Crippen LogP contribution in [-0.4, -0.2) is 59.1 Å². The second kappa shape index (κ2) is 6.02. The lowest BCUT2D eigenvalue weighted by Crippen LogP contribution is -2.47. The Bertz CT molecular complexity index is 360. The standard InChI is InChI=1S/C16H28N2O2/c1-17-12-7-8-13(17)11-18(10-9-12)15-6-4-2-3-5-14(15)16(19)20/h12-15H,2-11H2,1H3,(H,19,20). The van der Waals surface area contributed by atoms with Crippen molar-refractivity contribution in [3.05, 3.63) is 0 Å². The minimum absolute atomic E-state index is 0.139.